The van der Waals surface area contributed by atoms with Crippen LogP contribution in [-0.2, 0) is 4.79 Å². The van der Waals surface area contributed by atoms with E-state index >= 15 is 0 Å². The zero-order valence-corrected chi connectivity index (χ0v) is 16.1. The molecule has 24 heavy (non-hydrogen) atoms. The van der Waals surface area contributed by atoms with Crippen LogP contribution >= 0.6 is 27.7 Å². The number of anilines is 2. The van der Waals surface area contributed by atoms with Crippen LogP contribution in [0.5, 0.6) is 0 Å². The van der Waals surface area contributed by atoms with Crippen molar-refractivity contribution in [3.8, 4) is 0 Å². The summed E-state index contributed by atoms with van der Waals surface area (Å²) in [6.45, 7) is 4.53. The van der Waals surface area contributed by atoms with Crippen LogP contribution in [0.4, 0.5) is 11.4 Å². The molecule has 1 saturated heterocycles. The summed E-state index contributed by atoms with van der Waals surface area (Å²) in [6.07, 6.45) is 1.26. The first-order chi connectivity index (χ1) is 11.6. The lowest BCUT2D eigenvalue weighted by atomic mass is 10.2. The molecule has 3 nitrogen and oxygen atoms in total. The molecule has 1 N–H and O–H groups in total. The standard InChI is InChI=1S/C19H21BrN2OS/c1-14-10-11-22(12-14)17-6-4-16(5-7-17)21-19(23)13-24-18-8-2-15(20)3-9-18/h2-9,14H,10-13H2,1H3,(H,21,23). The van der Waals surface area contributed by atoms with Crippen molar-refractivity contribution < 1.29 is 4.79 Å². The fraction of sp³-hybridized carbons (Fsp3) is 0.316. The van der Waals surface area contributed by atoms with Crippen molar-refractivity contribution in [1.82, 2.24) is 0 Å². The molecule has 1 atom stereocenters. The molecule has 0 aromatic heterocycles. The maximum atomic E-state index is 12.1. The van der Waals surface area contributed by atoms with Crippen molar-refractivity contribution >= 4 is 45.0 Å². The smallest absolute Gasteiger partial charge is 0.234 e. The second-order valence-corrected chi connectivity index (χ2v) is 8.14. The molecule has 5 heteroatoms. The van der Waals surface area contributed by atoms with Gasteiger partial charge in [0, 0.05) is 33.8 Å². The molecule has 2 aromatic rings. The number of nitrogens with zero attached hydrogens (tertiary/aromatic N) is 1. The van der Waals surface area contributed by atoms with Crippen LogP contribution < -0.4 is 10.2 Å². The average Bonchev–Trinajstić information content (AvgIpc) is 3.01. The minimum atomic E-state index is 0.0189. The Morgan fingerprint density at radius 2 is 1.92 bits per heavy atom. The van der Waals surface area contributed by atoms with Gasteiger partial charge in [0.1, 0.15) is 0 Å². The molecule has 1 amide bonds. The summed E-state index contributed by atoms with van der Waals surface area (Å²) in [6, 6.07) is 16.1. The quantitative estimate of drug-likeness (QED) is 0.709. The van der Waals surface area contributed by atoms with Crippen LogP contribution in [0.3, 0.4) is 0 Å². The van der Waals surface area contributed by atoms with Gasteiger partial charge in [-0.15, -0.1) is 11.8 Å². The van der Waals surface area contributed by atoms with E-state index < -0.39 is 0 Å². The van der Waals surface area contributed by atoms with Gasteiger partial charge in [0.25, 0.3) is 0 Å². The number of amides is 1. The van der Waals surface area contributed by atoms with Gasteiger partial charge in [-0.1, -0.05) is 22.9 Å². The van der Waals surface area contributed by atoms with Crippen molar-refractivity contribution in [2.75, 3.05) is 29.1 Å². The maximum absolute atomic E-state index is 12.1. The molecule has 0 bridgehead atoms. The summed E-state index contributed by atoms with van der Waals surface area (Å²) in [5.74, 6) is 1.19. The van der Waals surface area contributed by atoms with Gasteiger partial charge in [0.2, 0.25) is 5.91 Å². The highest BCUT2D eigenvalue weighted by Gasteiger charge is 2.18. The van der Waals surface area contributed by atoms with E-state index in [1.165, 1.54) is 23.9 Å². The molecule has 0 spiro atoms. The van der Waals surface area contributed by atoms with Gasteiger partial charge in [-0.05, 0) is 60.9 Å². The number of carbonyl (C=O) groups excluding carboxylic acids is 1. The minimum absolute atomic E-state index is 0.0189. The first-order valence-corrected chi connectivity index (χ1v) is 9.91. The van der Waals surface area contributed by atoms with E-state index in [0.29, 0.717) is 5.75 Å². The molecule has 0 radical (unpaired) electrons. The van der Waals surface area contributed by atoms with Crippen LogP contribution in [0.1, 0.15) is 13.3 Å². The lowest BCUT2D eigenvalue weighted by Gasteiger charge is -2.18. The number of thioether (sulfide) groups is 1. The number of hydrogen-bond acceptors (Lipinski definition) is 3. The monoisotopic (exact) mass is 404 g/mol. The van der Waals surface area contributed by atoms with E-state index in [2.05, 4.69) is 45.2 Å². The highest BCUT2D eigenvalue weighted by molar-refractivity contribution is 9.10. The predicted octanol–water partition coefficient (Wildman–Crippen LogP) is 5.03. The van der Waals surface area contributed by atoms with E-state index in [4.69, 9.17) is 0 Å². The number of halogens is 1. The van der Waals surface area contributed by atoms with Gasteiger partial charge in [0.15, 0.2) is 0 Å². The Balaban J connectivity index is 1.50. The van der Waals surface area contributed by atoms with Crippen molar-refractivity contribution in [2.45, 2.75) is 18.2 Å². The molecule has 1 fully saturated rings. The number of rotatable bonds is 5. The zero-order chi connectivity index (χ0) is 16.9. The minimum Gasteiger partial charge on any atom is -0.371 e. The lowest BCUT2D eigenvalue weighted by molar-refractivity contribution is -0.113. The summed E-state index contributed by atoms with van der Waals surface area (Å²) >= 11 is 4.95. The summed E-state index contributed by atoms with van der Waals surface area (Å²) in [7, 11) is 0. The SMILES string of the molecule is CC1CCN(c2ccc(NC(=O)CSc3ccc(Br)cc3)cc2)C1. The summed E-state index contributed by atoms with van der Waals surface area (Å²) in [5, 5.41) is 2.96. The average molecular weight is 405 g/mol. The van der Waals surface area contributed by atoms with Gasteiger partial charge in [-0.3, -0.25) is 4.79 Å². The van der Waals surface area contributed by atoms with Crippen LogP contribution in [0.25, 0.3) is 0 Å². The Kier molecular flexibility index (Phi) is 5.85. The van der Waals surface area contributed by atoms with Crippen LogP contribution in [0.2, 0.25) is 0 Å². The molecule has 1 aliphatic heterocycles. The molecule has 0 aliphatic carbocycles. The van der Waals surface area contributed by atoms with Gasteiger partial charge >= 0.3 is 0 Å². The van der Waals surface area contributed by atoms with Gasteiger partial charge in [0.05, 0.1) is 5.75 Å². The van der Waals surface area contributed by atoms with E-state index in [9.17, 15) is 4.79 Å². The molecular formula is C19H21BrN2OS. The Labute approximate surface area is 155 Å². The van der Waals surface area contributed by atoms with Crippen molar-refractivity contribution in [1.29, 1.82) is 0 Å². The largest absolute Gasteiger partial charge is 0.371 e. The zero-order valence-electron chi connectivity index (χ0n) is 13.7. The normalized spacial score (nSPS) is 17.1. The molecule has 1 unspecified atom stereocenters. The van der Waals surface area contributed by atoms with Crippen LogP contribution in [0, 0.1) is 5.92 Å². The number of benzene rings is 2. The third-order valence-corrected chi connectivity index (χ3v) is 5.66. The van der Waals surface area contributed by atoms with Gasteiger partial charge in [-0.25, -0.2) is 0 Å². The van der Waals surface area contributed by atoms with E-state index in [-0.39, 0.29) is 5.91 Å². The van der Waals surface area contributed by atoms with Crippen molar-refractivity contribution in [2.24, 2.45) is 5.92 Å². The number of carbonyl (C=O) groups is 1. The summed E-state index contributed by atoms with van der Waals surface area (Å²) in [4.78, 5) is 15.6. The summed E-state index contributed by atoms with van der Waals surface area (Å²) < 4.78 is 1.05. The fourth-order valence-corrected chi connectivity index (χ4v) is 3.76. The van der Waals surface area contributed by atoms with Gasteiger partial charge < -0.3 is 10.2 Å². The number of nitrogens with one attached hydrogen (secondary N) is 1. The molecule has 126 valence electrons. The fourth-order valence-electron chi connectivity index (χ4n) is 2.80. The maximum Gasteiger partial charge on any atom is 0.234 e. The Bertz CT molecular complexity index is 688. The van der Waals surface area contributed by atoms with Crippen LogP contribution in [0.15, 0.2) is 57.9 Å². The first kappa shape index (κ1) is 17.4. The molecule has 1 aliphatic rings. The predicted molar refractivity (Wildman–Crippen MR) is 106 cm³/mol. The summed E-state index contributed by atoms with van der Waals surface area (Å²) in [5.41, 5.74) is 2.09. The first-order valence-electron chi connectivity index (χ1n) is 8.13. The molecular weight excluding hydrogens is 384 g/mol. The van der Waals surface area contributed by atoms with Gasteiger partial charge in [-0.2, -0.15) is 0 Å². The molecule has 1 heterocycles. The van der Waals surface area contributed by atoms with E-state index in [1.807, 2.05) is 36.4 Å². The topological polar surface area (TPSA) is 32.3 Å². The van der Waals surface area contributed by atoms with E-state index in [1.54, 1.807) is 0 Å². The Morgan fingerprint density at radius 3 is 2.54 bits per heavy atom. The molecule has 3 rings (SSSR count). The van der Waals surface area contributed by atoms with Crippen molar-refractivity contribution in [3.63, 3.8) is 0 Å². The lowest BCUT2D eigenvalue weighted by Crippen LogP contribution is -2.19. The highest BCUT2D eigenvalue weighted by atomic mass is 79.9. The molecule has 2 aromatic carbocycles. The third kappa shape index (κ3) is 4.77. The second-order valence-electron chi connectivity index (χ2n) is 6.18. The molecule has 0 saturated carbocycles. The highest BCUT2D eigenvalue weighted by Crippen LogP contribution is 2.25. The Hall–Kier alpha value is -1.46. The number of hydrogen-bond donors (Lipinski definition) is 1. The third-order valence-electron chi connectivity index (χ3n) is 4.12. The van der Waals surface area contributed by atoms with Crippen LogP contribution in [-0.4, -0.2) is 24.7 Å². The van der Waals surface area contributed by atoms with E-state index in [0.717, 1.165) is 34.1 Å². The Morgan fingerprint density at radius 1 is 1.21 bits per heavy atom. The second kappa shape index (κ2) is 8.08. The van der Waals surface area contributed by atoms with Crippen molar-refractivity contribution in [3.05, 3.63) is 53.0 Å².